The third-order valence-electron chi connectivity index (χ3n) is 2.24. The molecule has 0 saturated carbocycles. The zero-order chi connectivity index (χ0) is 13.9. The lowest BCUT2D eigenvalue weighted by Gasteiger charge is -2.13. The highest BCUT2D eigenvalue weighted by Crippen LogP contribution is 2.36. The topological polar surface area (TPSA) is 17.1 Å². The van der Waals surface area contributed by atoms with E-state index in [9.17, 15) is 26.7 Å². The number of Topliss-reactive ketones (excluding diaryl/α,β-unsaturated/α-hetero) is 1. The highest BCUT2D eigenvalue weighted by Gasteiger charge is 2.35. The monoisotopic (exact) mass is 286 g/mol. The summed E-state index contributed by atoms with van der Waals surface area (Å²) in [5, 5.41) is 0. The van der Waals surface area contributed by atoms with Crippen molar-refractivity contribution < 1.29 is 26.7 Å². The Balaban J connectivity index is 3.24. The van der Waals surface area contributed by atoms with Gasteiger partial charge in [0.05, 0.1) is 5.56 Å². The molecule has 0 N–H and O–H groups in total. The minimum atomic E-state index is -4.88. The second-order valence-electron chi connectivity index (χ2n) is 3.46. The van der Waals surface area contributed by atoms with Crippen molar-refractivity contribution >= 4 is 17.4 Å². The van der Waals surface area contributed by atoms with Crippen molar-refractivity contribution in [3.63, 3.8) is 0 Å². The van der Waals surface area contributed by atoms with Crippen molar-refractivity contribution in [2.45, 2.75) is 19.0 Å². The molecule has 0 fully saturated rings. The van der Waals surface area contributed by atoms with Crippen LogP contribution in [0, 0.1) is 0 Å². The van der Waals surface area contributed by atoms with Gasteiger partial charge in [-0.2, -0.15) is 13.2 Å². The SMILES string of the molecule is O=C(CCCl)c1ccc(C(F)(F)F)c(C(F)F)c1. The first-order chi connectivity index (χ1) is 8.27. The van der Waals surface area contributed by atoms with Crippen molar-refractivity contribution in [1.29, 1.82) is 0 Å². The second kappa shape index (κ2) is 5.65. The summed E-state index contributed by atoms with van der Waals surface area (Å²) in [5.74, 6) is -0.593. The number of halogens is 6. The molecule has 0 saturated heterocycles. The molecule has 0 aliphatic carbocycles. The molecule has 0 unspecified atom stereocenters. The van der Waals surface area contributed by atoms with Crippen molar-refractivity contribution in [2.75, 3.05) is 5.88 Å². The van der Waals surface area contributed by atoms with Crippen LogP contribution in [-0.4, -0.2) is 11.7 Å². The van der Waals surface area contributed by atoms with E-state index in [0.717, 1.165) is 6.07 Å². The number of alkyl halides is 6. The van der Waals surface area contributed by atoms with E-state index in [1.54, 1.807) is 0 Å². The molecule has 0 radical (unpaired) electrons. The maximum Gasteiger partial charge on any atom is 0.416 e. The Morgan fingerprint density at radius 3 is 2.33 bits per heavy atom. The van der Waals surface area contributed by atoms with Crippen LogP contribution in [0.3, 0.4) is 0 Å². The van der Waals surface area contributed by atoms with Crippen LogP contribution < -0.4 is 0 Å². The van der Waals surface area contributed by atoms with Gasteiger partial charge in [-0.1, -0.05) is 6.07 Å². The van der Waals surface area contributed by atoms with Gasteiger partial charge in [-0.3, -0.25) is 4.79 Å². The average Bonchev–Trinajstić information content (AvgIpc) is 2.27. The molecule has 1 nitrogen and oxygen atoms in total. The van der Waals surface area contributed by atoms with Crippen molar-refractivity contribution in [3.05, 3.63) is 34.9 Å². The number of ketones is 1. The lowest BCUT2D eigenvalue weighted by atomic mass is 10.0. The molecular weight excluding hydrogens is 279 g/mol. The summed E-state index contributed by atoms with van der Waals surface area (Å²) in [6.45, 7) is 0. The Kier molecular flexibility index (Phi) is 4.67. The Labute approximate surface area is 105 Å². The van der Waals surface area contributed by atoms with Crippen LogP contribution in [0.5, 0.6) is 0 Å². The summed E-state index contributed by atoms with van der Waals surface area (Å²) in [7, 11) is 0. The maximum absolute atomic E-state index is 12.5. The Morgan fingerprint density at radius 2 is 1.89 bits per heavy atom. The molecule has 0 spiro atoms. The summed E-state index contributed by atoms with van der Waals surface area (Å²) in [6.07, 6.45) is -8.29. The standard InChI is InChI=1S/C11H8ClF5O/c12-4-3-9(18)6-1-2-8(11(15,16)17)7(5-6)10(13)14/h1-2,5,10H,3-4H2. The van der Waals surface area contributed by atoms with Crippen molar-refractivity contribution in [1.82, 2.24) is 0 Å². The molecule has 100 valence electrons. The van der Waals surface area contributed by atoms with Gasteiger partial charge in [-0.05, 0) is 12.1 Å². The highest BCUT2D eigenvalue weighted by atomic mass is 35.5. The predicted octanol–water partition coefficient (Wildman–Crippen LogP) is 4.45. The van der Waals surface area contributed by atoms with Gasteiger partial charge in [0.1, 0.15) is 0 Å². The average molecular weight is 287 g/mol. The minimum Gasteiger partial charge on any atom is -0.294 e. The van der Waals surface area contributed by atoms with Gasteiger partial charge in [0, 0.05) is 23.4 Å². The van der Waals surface area contributed by atoms with E-state index >= 15 is 0 Å². The van der Waals surface area contributed by atoms with E-state index in [0.29, 0.717) is 12.1 Å². The molecule has 1 rings (SSSR count). The van der Waals surface area contributed by atoms with Crippen LogP contribution in [-0.2, 0) is 6.18 Å². The lowest BCUT2D eigenvalue weighted by Crippen LogP contribution is -2.11. The zero-order valence-corrected chi connectivity index (χ0v) is 9.66. The largest absolute Gasteiger partial charge is 0.416 e. The molecular formula is C11H8ClF5O. The van der Waals surface area contributed by atoms with Crippen molar-refractivity contribution in [2.24, 2.45) is 0 Å². The number of carbonyl (C=O) groups excluding carboxylic acids is 1. The fourth-order valence-corrected chi connectivity index (χ4v) is 1.58. The third kappa shape index (κ3) is 3.41. The van der Waals surface area contributed by atoms with Gasteiger partial charge in [-0.25, -0.2) is 8.78 Å². The van der Waals surface area contributed by atoms with Crippen LogP contribution >= 0.6 is 11.6 Å². The first-order valence-electron chi connectivity index (χ1n) is 4.86. The van der Waals surface area contributed by atoms with Gasteiger partial charge in [0.25, 0.3) is 6.43 Å². The van der Waals surface area contributed by atoms with Crippen LogP contribution in [0.2, 0.25) is 0 Å². The number of hydrogen-bond donors (Lipinski definition) is 0. The highest BCUT2D eigenvalue weighted by molar-refractivity contribution is 6.19. The molecule has 0 aliphatic rings. The molecule has 0 heterocycles. The normalized spacial score (nSPS) is 11.9. The maximum atomic E-state index is 12.5. The molecule has 18 heavy (non-hydrogen) atoms. The van der Waals surface area contributed by atoms with Crippen LogP contribution in [0.1, 0.15) is 34.3 Å². The summed E-state index contributed by atoms with van der Waals surface area (Å²) in [4.78, 5) is 11.4. The van der Waals surface area contributed by atoms with Crippen LogP contribution in [0.25, 0.3) is 0 Å². The zero-order valence-electron chi connectivity index (χ0n) is 8.90. The first kappa shape index (κ1) is 14.9. The number of benzene rings is 1. The summed E-state index contributed by atoms with van der Waals surface area (Å²) < 4.78 is 62.5. The van der Waals surface area contributed by atoms with Crippen LogP contribution in [0.15, 0.2) is 18.2 Å². The van der Waals surface area contributed by atoms with E-state index in [1.807, 2.05) is 0 Å². The molecule has 0 atom stereocenters. The number of rotatable bonds is 4. The van der Waals surface area contributed by atoms with Gasteiger partial charge < -0.3 is 0 Å². The lowest BCUT2D eigenvalue weighted by molar-refractivity contribution is -0.139. The van der Waals surface area contributed by atoms with Gasteiger partial charge in [-0.15, -0.1) is 11.6 Å². The van der Waals surface area contributed by atoms with Crippen LogP contribution in [0.4, 0.5) is 22.0 Å². The number of carbonyl (C=O) groups is 1. The smallest absolute Gasteiger partial charge is 0.294 e. The molecule has 0 amide bonds. The predicted molar refractivity (Wildman–Crippen MR) is 56.1 cm³/mol. The molecule has 0 bridgehead atoms. The summed E-state index contributed by atoms with van der Waals surface area (Å²) >= 11 is 5.30. The van der Waals surface area contributed by atoms with E-state index in [2.05, 4.69) is 0 Å². The molecule has 1 aromatic rings. The molecule has 7 heteroatoms. The first-order valence-corrected chi connectivity index (χ1v) is 5.39. The summed E-state index contributed by atoms with van der Waals surface area (Å²) in [5.41, 5.74) is -2.82. The molecule has 0 aliphatic heterocycles. The Hall–Kier alpha value is -1.17. The Morgan fingerprint density at radius 1 is 1.28 bits per heavy atom. The third-order valence-corrected chi connectivity index (χ3v) is 2.42. The van der Waals surface area contributed by atoms with Gasteiger partial charge >= 0.3 is 6.18 Å². The quantitative estimate of drug-likeness (QED) is 0.454. The van der Waals surface area contributed by atoms with Gasteiger partial charge in [0.2, 0.25) is 0 Å². The summed E-state index contributed by atoms with van der Waals surface area (Å²) in [6, 6.07) is 1.94. The fraction of sp³-hybridized carbons (Fsp3) is 0.364. The molecule has 1 aromatic carbocycles. The second-order valence-corrected chi connectivity index (χ2v) is 3.84. The van der Waals surface area contributed by atoms with E-state index in [4.69, 9.17) is 11.6 Å². The van der Waals surface area contributed by atoms with E-state index in [1.165, 1.54) is 0 Å². The molecule has 0 aromatic heterocycles. The van der Waals surface area contributed by atoms with E-state index in [-0.39, 0.29) is 17.9 Å². The van der Waals surface area contributed by atoms with Gasteiger partial charge in [0.15, 0.2) is 5.78 Å². The fourth-order valence-electron chi connectivity index (χ4n) is 1.41. The van der Waals surface area contributed by atoms with E-state index < -0.39 is 29.5 Å². The number of hydrogen-bond acceptors (Lipinski definition) is 1. The van der Waals surface area contributed by atoms with Crippen molar-refractivity contribution in [3.8, 4) is 0 Å². The minimum absolute atomic E-state index is 0.0239. The Bertz CT molecular complexity index is 442.